The Morgan fingerprint density at radius 3 is 2.77 bits per heavy atom. The number of benzene rings is 1. The first-order valence-electron chi connectivity index (χ1n) is 7.01. The van der Waals surface area contributed by atoms with E-state index in [9.17, 15) is 14.9 Å². The van der Waals surface area contributed by atoms with Crippen LogP contribution in [-0.2, 0) is 6.54 Å². The fraction of sp³-hybridized carbons (Fsp3) is 0.333. The molecule has 2 rings (SSSR count). The summed E-state index contributed by atoms with van der Waals surface area (Å²) in [5.74, 6) is -0.294. The molecule has 0 unspecified atom stereocenters. The van der Waals surface area contributed by atoms with Crippen LogP contribution in [0.4, 0.5) is 5.69 Å². The molecule has 2 aromatic rings. The van der Waals surface area contributed by atoms with Gasteiger partial charge in [-0.1, -0.05) is 6.07 Å². The lowest BCUT2D eigenvalue weighted by atomic mass is 10.1. The zero-order valence-corrected chi connectivity index (χ0v) is 12.6. The van der Waals surface area contributed by atoms with Gasteiger partial charge in [0.2, 0.25) is 0 Å². The number of nitrogens with zero attached hydrogens (tertiary/aromatic N) is 3. The number of carbonyl (C=O) groups excluding carboxylic acids is 1. The van der Waals surface area contributed by atoms with Gasteiger partial charge in [-0.25, -0.2) is 0 Å². The minimum absolute atomic E-state index is 0.0420. The van der Waals surface area contributed by atoms with E-state index in [2.05, 4.69) is 10.4 Å². The fourth-order valence-electron chi connectivity index (χ4n) is 2.19. The summed E-state index contributed by atoms with van der Waals surface area (Å²) in [5.41, 5.74) is 1.63. The summed E-state index contributed by atoms with van der Waals surface area (Å²) >= 11 is 0. The van der Waals surface area contributed by atoms with E-state index in [0.717, 1.165) is 12.1 Å². The minimum Gasteiger partial charge on any atom is -0.352 e. The maximum absolute atomic E-state index is 12.1. The van der Waals surface area contributed by atoms with E-state index < -0.39 is 4.92 Å². The number of aromatic nitrogens is 2. The standard InChI is InChI=1S/C15H18N4O3/c1-11-7-10-18(17-11)9-4-8-16-15(20)13-5-3-6-14(12(13)2)19(21)22/h3,5-7,10H,4,8-9H2,1-2H3,(H,16,20). The van der Waals surface area contributed by atoms with Gasteiger partial charge in [0.15, 0.2) is 0 Å². The SMILES string of the molecule is Cc1ccn(CCCNC(=O)c2cccc([N+](=O)[O-])c2C)n1. The van der Waals surface area contributed by atoms with Crippen molar-refractivity contribution in [1.82, 2.24) is 15.1 Å². The number of nitro groups is 1. The predicted molar refractivity (Wildman–Crippen MR) is 81.7 cm³/mol. The quantitative estimate of drug-likeness (QED) is 0.503. The van der Waals surface area contributed by atoms with Crippen LogP contribution >= 0.6 is 0 Å². The highest BCUT2D eigenvalue weighted by atomic mass is 16.6. The topological polar surface area (TPSA) is 90.1 Å². The number of rotatable bonds is 6. The number of nitro benzene ring substituents is 1. The Morgan fingerprint density at radius 1 is 1.36 bits per heavy atom. The van der Waals surface area contributed by atoms with Gasteiger partial charge in [-0.2, -0.15) is 5.10 Å². The molecule has 0 saturated carbocycles. The molecule has 0 aliphatic heterocycles. The molecule has 0 spiro atoms. The number of aryl methyl sites for hydroxylation is 2. The lowest BCUT2D eigenvalue weighted by Crippen LogP contribution is -2.26. The highest BCUT2D eigenvalue weighted by Gasteiger charge is 2.17. The predicted octanol–water partition coefficient (Wildman–Crippen LogP) is 2.23. The summed E-state index contributed by atoms with van der Waals surface area (Å²) in [4.78, 5) is 22.5. The molecule has 0 saturated heterocycles. The van der Waals surface area contributed by atoms with E-state index in [-0.39, 0.29) is 11.6 Å². The van der Waals surface area contributed by atoms with Crippen molar-refractivity contribution in [3.8, 4) is 0 Å². The van der Waals surface area contributed by atoms with Crippen LogP contribution in [0, 0.1) is 24.0 Å². The number of nitrogens with one attached hydrogen (secondary N) is 1. The van der Waals surface area contributed by atoms with Crippen LogP contribution in [0.15, 0.2) is 30.5 Å². The molecule has 7 nitrogen and oxygen atoms in total. The lowest BCUT2D eigenvalue weighted by Gasteiger charge is -2.08. The Bertz CT molecular complexity index is 694. The van der Waals surface area contributed by atoms with Gasteiger partial charge < -0.3 is 5.32 Å². The van der Waals surface area contributed by atoms with E-state index in [1.54, 1.807) is 13.0 Å². The molecule has 0 bridgehead atoms. The fourth-order valence-corrected chi connectivity index (χ4v) is 2.19. The van der Waals surface area contributed by atoms with Crippen LogP contribution in [0.2, 0.25) is 0 Å². The van der Waals surface area contributed by atoms with Crippen molar-refractivity contribution in [2.75, 3.05) is 6.54 Å². The van der Waals surface area contributed by atoms with E-state index >= 15 is 0 Å². The Kier molecular flexibility index (Phi) is 4.88. The maximum Gasteiger partial charge on any atom is 0.273 e. The van der Waals surface area contributed by atoms with Crippen molar-refractivity contribution in [2.24, 2.45) is 0 Å². The molecule has 1 N–H and O–H groups in total. The molecule has 0 radical (unpaired) electrons. The second kappa shape index (κ2) is 6.84. The zero-order valence-electron chi connectivity index (χ0n) is 12.6. The Balaban J connectivity index is 1.90. The van der Waals surface area contributed by atoms with Gasteiger partial charge in [-0.3, -0.25) is 19.6 Å². The molecule has 116 valence electrons. The third kappa shape index (κ3) is 3.69. The van der Waals surface area contributed by atoms with Crippen molar-refractivity contribution in [3.63, 3.8) is 0 Å². The van der Waals surface area contributed by atoms with Crippen molar-refractivity contribution < 1.29 is 9.72 Å². The molecular weight excluding hydrogens is 284 g/mol. The molecular formula is C15H18N4O3. The zero-order chi connectivity index (χ0) is 16.1. The third-order valence-electron chi connectivity index (χ3n) is 3.37. The van der Waals surface area contributed by atoms with Crippen LogP contribution < -0.4 is 5.32 Å². The normalized spacial score (nSPS) is 10.5. The van der Waals surface area contributed by atoms with Gasteiger partial charge >= 0.3 is 0 Å². The Labute approximate surface area is 128 Å². The van der Waals surface area contributed by atoms with Gasteiger partial charge in [-0.15, -0.1) is 0 Å². The van der Waals surface area contributed by atoms with Gasteiger partial charge in [0.25, 0.3) is 11.6 Å². The number of hydrogen-bond acceptors (Lipinski definition) is 4. The molecule has 7 heteroatoms. The first-order valence-corrected chi connectivity index (χ1v) is 7.01. The second-order valence-electron chi connectivity index (χ2n) is 5.04. The smallest absolute Gasteiger partial charge is 0.273 e. The van der Waals surface area contributed by atoms with Crippen LogP contribution in [0.1, 0.15) is 28.0 Å². The molecule has 0 fully saturated rings. The Morgan fingerprint density at radius 2 is 2.14 bits per heavy atom. The van der Waals surface area contributed by atoms with E-state index in [1.807, 2.05) is 23.9 Å². The van der Waals surface area contributed by atoms with E-state index in [0.29, 0.717) is 24.2 Å². The summed E-state index contributed by atoms with van der Waals surface area (Å²) in [6.45, 7) is 4.70. The average molecular weight is 302 g/mol. The van der Waals surface area contributed by atoms with Gasteiger partial charge in [0.05, 0.1) is 10.6 Å². The number of hydrogen-bond donors (Lipinski definition) is 1. The van der Waals surface area contributed by atoms with Gasteiger partial charge in [0, 0.05) is 36.5 Å². The van der Waals surface area contributed by atoms with Crippen LogP contribution in [0.3, 0.4) is 0 Å². The van der Waals surface area contributed by atoms with Crippen molar-refractivity contribution in [3.05, 3.63) is 57.4 Å². The van der Waals surface area contributed by atoms with Crippen LogP contribution in [0.25, 0.3) is 0 Å². The average Bonchev–Trinajstić information content (AvgIpc) is 2.89. The monoisotopic (exact) mass is 302 g/mol. The van der Waals surface area contributed by atoms with Crippen LogP contribution in [0.5, 0.6) is 0 Å². The van der Waals surface area contributed by atoms with Crippen LogP contribution in [-0.4, -0.2) is 27.2 Å². The summed E-state index contributed by atoms with van der Waals surface area (Å²) in [7, 11) is 0. The summed E-state index contributed by atoms with van der Waals surface area (Å²) in [6, 6.07) is 6.43. The first kappa shape index (κ1) is 15.7. The maximum atomic E-state index is 12.1. The van der Waals surface area contributed by atoms with Crippen molar-refractivity contribution >= 4 is 11.6 Å². The number of carbonyl (C=O) groups is 1. The molecule has 1 amide bonds. The van der Waals surface area contributed by atoms with Gasteiger partial charge in [-0.05, 0) is 32.4 Å². The van der Waals surface area contributed by atoms with E-state index in [4.69, 9.17) is 0 Å². The van der Waals surface area contributed by atoms with E-state index in [1.165, 1.54) is 12.1 Å². The highest BCUT2D eigenvalue weighted by Crippen LogP contribution is 2.20. The minimum atomic E-state index is -0.480. The summed E-state index contributed by atoms with van der Waals surface area (Å²) < 4.78 is 1.82. The second-order valence-corrected chi connectivity index (χ2v) is 5.04. The lowest BCUT2D eigenvalue weighted by molar-refractivity contribution is -0.385. The highest BCUT2D eigenvalue weighted by molar-refractivity contribution is 5.96. The van der Waals surface area contributed by atoms with Crippen molar-refractivity contribution in [2.45, 2.75) is 26.8 Å². The molecule has 1 aromatic carbocycles. The molecule has 22 heavy (non-hydrogen) atoms. The first-order chi connectivity index (χ1) is 10.5. The molecule has 1 heterocycles. The molecule has 1 aromatic heterocycles. The van der Waals surface area contributed by atoms with Crippen molar-refractivity contribution in [1.29, 1.82) is 0 Å². The molecule has 0 atom stereocenters. The molecule has 0 aliphatic rings. The molecule has 0 aliphatic carbocycles. The van der Waals surface area contributed by atoms with Gasteiger partial charge in [0.1, 0.15) is 0 Å². The largest absolute Gasteiger partial charge is 0.352 e. The summed E-state index contributed by atoms with van der Waals surface area (Å²) in [5, 5.41) is 17.9. The summed E-state index contributed by atoms with van der Waals surface area (Å²) in [6.07, 6.45) is 2.63. The third-order valence-corrected chi connectivity index (χ3v) is 3.37. The Hall–Kier alpha value is -2.70. The number of amides is 1.